The van der Waals surface area contributed by atoms with E-state index in [4.69, 9.17) is 0 Å². The van der Waals surface area contributed by atoms with Gasteiger partial charge in [-0.05, 0) is 25.3 Å². The summed E-state index contributed by atoms with van der Waals surface area (Å²) in [6.45, 7) is 2.07. The monoisotopic (exact) mass is 267 g/mol. The highest BCUT2D eigenvalue weighted by Crippen LogP contribution is 2.38. The average molecular weight is 267 g/mol. The summed E-state index contributed by atoms with van der Waals surface area (Å²) >= 11 is 0. The highest BCUT2D eigenvalue weighted by atomic mass is 32.2. The van der Waals surface area contributed by atoms with Crippen molar-refractivity contribution < 1.29 is 8.42 Å². The number of aryl methyl sites for hydroxylation is 1. The molecule has 4 heteroatoms. The van der Waals surface area contributed by atoms with E-state index in [1.54, 1.807) is 11.4 Å². The average Bonchev–Trinajstić information content (AvgIpc) is 2.76. The summed E-state index contributed by atoms with van der Waals surface area (Å²) in [5.74, 6) is 0.338. The van der Waals surface area contributed by atoms with E-state index in [1.807, 2.05) is 0 Å². The third-order valence-electron chi connectivity index (χ3n) is 3.98. The summed E-state index contributed by atoms with van der Waals surface area (Å²) in [7, 11) is -1.40. The van der Waals surface area contributed by atoms with Crippen molar-refractivity contribution in [3.05, 3.63) is 35.4 Å². The first-order valence-electron chi connectivity index (χ1n) is 6.39. The lowest BCUT2D eigenvalue weighted by Gasteiger charge is -2.28. The van der Waals surface area contributed by atoms with Gasteiger partial charge in [0.05, 0.1) is 6.26 Å². The maximum absolute atomic E-state index is 11.7. The number of hydrogen-bond acceptors (Lipinski definition) is 2. The third kappa shape index (κ3) is 2.75. The highest BCUT2D eigenvalue weighted by molar-refractivity contribution is 7.88. The molecule has 0 heterocycles. The van der Waals surface area contributed by atoms with Crippen LogP contribution in [-0.4, -0.2) is 32.1 Å². The molecule has 0 bridgehead atoms. The first-order valence-corrected chi connectivity index (χ1v) is 8.24. The molecule has 1 aliphatic carbocycles. The number of benzene rings is 1. The number of likely N-dealkylation sites (N-methyl/N-ethyl adjacent to an activating group) is 1. The normalized spacial score (nSPS) is 24.7. The molecule has 1 aromatic rings. The summed E-state index contributed by atoms with van der Waals surface area (Å²) in [5.41, 5.74) is 2.50. The molecule has 2 atom stereocenters. The van der Waals surface area contributed by atoms with Gasteiger partial charge in [-0.3, -0.25) is 0 Å². The van der Waals surface area contributed by atoms with E-state index in [9.17, 15) is 8.42 Å². The zero-order chi connectivity index (χ0) is 13.3. The molecule has 0 amide bonds. The number of hydrogen-bond donors (Lipinski definition) is 0. The Labute approximate surface area is 110 Å². The molecular weight excluding hydrogens is 246 g/mol. The molecule has 0 N–H and O–H groups in total. The van der Waals surface area contributed by atoms with E-state index < -0.39 is 10.0 Å². The molecule has 0 saturated heterocycles. The molecule has 2 rings (SSSR count). The van der Waals surface area contributed by atoms with Gasteiger partial charge in [0.15, 0.2) is 0 Å². The molecule has 1 aromatic carbocycles. The zero-order valence-electron chi connectivity index (χ0n) is 11.3. The quantitative estimate of drug-likeness (QED) is 0.844. The Hall–Kier alpha value is -0.870. The lowest BCUT2D eigenvalue weighted by atomic mass is 9.93. The van der Waals surface area contributed by atoms with Crippen molar-refractivity contribution >= 4 is 10.0 Å². The Morgan fingerprint density at radius 2 is 1.78 bits per heavy atom. The van der Waals surface area contributed by atoms with E-state index in [0.717, 1.165) is 19.3 Å². The maximum Gasteiger partial charge on any atom is 0.211 e. The standard InChI is InChI=1S/C14H21NO2S/c1-11-7-9-12(10-8-11)13-5-4-6-14(13)15(2)18(3,16)17/h7-10,13-14H,4-6H2,1-3H3/t13-,14+/m1/s1. The van der Waals surface area contributed by atoms with Crippen LogP contribution in [0.4, 0.5) is 0 Å². The van der Waals surface area contributed by atoms with Crippen LogP contribution in [0, 0.1) is 6.92 Å². The first-order chi connectivity index (χ1) is 8.39. The molecule has 0 aliphatic heterocycles. The van der Waals surface area contributed by atoms with Crippen molar-refractivity contribution in [2.45, 2.75) is 38.1 Å². The van der Waals surface area contributed by atoms with Crippen LogP contribution in [0.15, 0.2) is 24.3 Å². The molecule has 3 nitrogen and oxygen atoms in total. The van der Waals surface area contributed by atoms with Gasteiger partial charge in [-0.2, -0.15) is 0 Å². The molecular formula is C14H21NO2S. The van der Waals surface area contributed by atoms with Crippen LogP contribution in [0.5, 0.6) is 0 Å². The lowest BCUT2D eigenvalue weighted by Crippen LogP contribution is -2.37. The summed E-state index contributed by atoms with van der Waals surface area (Å²) in [6.07, 6.45) is 4.43. The van der Waals surface area contributed by atoms with Crippen molar-refractivity contribution in [3.63, 3.8) is 0 Å². The van der Waals surface area contributed by atoms with Gasteiger partial charge in [0.1, 0.15) is 0 Å². The van der Waals surface area contributed by atoms with Crippen LogP contribution in [0.1, 0.15) is 36.3 Å². The largest absolute Gasteiger partial charge is 0.213 e. The molecule has 0 spiro atoms. The van der Waals surface area contributed by atoms with Crippen molar-refractivity contribution in [2.75, 3.05) is 13.3 Å². The second kappa shape index (κ2) is 5.02. The van der Waals surface area contributed by atoms with Gasteiger partial charge in [-0.25, -0.2) is 12.7 Å². The van der Waals surface area contributed by atoms with Crippen LogP contribution >= 0.6 is 0 Å². The molecule has 18 heavy (non-hydrogen) atoms. The summed E-state index contributed by atoms with van der Waals surface area (Å²) < 4.78 is 24.9. The van der Waals surface area contributed by atoms with Crippen molar-refractivity contribution in [1.29, 1.82) is 0 Å². The minimum atomic E-state index is -3.10. The first kappa shape index (κ1) is 13.6. The van der Waals surface area contributed by atoms with Crippen LogP contribution < -0.4 is 0 Å². The van der Waals surface area contributed by atoms with Crippen LogP contribution in [0.25, 0.3) is 0 Å². The Morgan fingerprint density at radius 1 is 1.17 bits per heavy atom. The van der Waals surface area contributed by atoms with E-state index in [-0.39, 0.29) is 6.04 Å². The van der Waals surface area contributed by atoms with Crippen molar-refractivity contribution in [3.8, 4) is 0 Å². The SMILES string of the molecule is Cc1ccc([C@H]2CCC[C@@H]2N(C)S(C)(=O)=O)cc1. The Bertz CT molecular complexity index is 507. The molecule has 0 aromatic heterocycles. The van der Waals surface area contributed by atoms with Gasteiger partial charge in [0.2, 0.25) is 10.0 Å². The predicted octanol–water partition coefficient (Wildman–Crippen LogP) is 2.52. The van der Waals surface area contributed by atoms with Gasteiger partial charge in [0.25, 0.3) is 0 Å². The van der Waals surface area contributed by atoms with E-state index in [2.05, 4.69) is 31.2 Å². The summed E-state index contributed by atoms with van der Waals surface area (Å²) in [4.78, 5) is 0. The Kier molecular flexibility index (Phi) is 3.78. The van der Waals surface area contributed by atoms with Crippen molar-refractivity contribution in [2.24, 2.45) is 0 Å². The zero-order valence-corrected chi connectivity index (χ0v) is 12.1. The molecule has 1 fully saturated rings. The molecule has 1 aliphatic rings. The van der Waals surface area contributed by atoms with Gasteiger partial charge in [0, 0.05) is 19.0 Å². The summed E-state index contributed by atoms with van der Waals surface area (Å²) in [6, 6.07) is 8.59. The Balaban J connectivity index is 2.25. The summed E-state index contributed by atoms with van der Waals surface area (Å²) in [5, 5.41) is 0. The van der Waals surface area contributed by atoms with Crippen molar-refractivity contribution in [1.82, 2.24) is 4.31 Å². The fourth-order valence-electron chi connectivity index (χ4n) is 2.82. The number of sulfonamides is 1. The predicted molar refractivity (Wildman–Crippen MR) is 74.2 cm³/mol. The Morgan fingerprint density at radius 3 is 2.33 bits per heavy atom. The topological polar surface area (TPSA) is 37.4 Å². The van der Waals surface area contributed by atoms with Gasteiger partial charge in [-0.1, -0.05) is 36.2 Å². The molecule has 0 unspecified atom stereocenters. The minimum absolute atomic E-state index is 0.114. The molecule has 1 saturated carbocycles. The highest BCUT2D eigenvalue weighted by Gasteiger charge is 2.34. The van der Waals surface area contributed by atoms with Gasteiger partial charge in [-0.15, -0.1) is 0 Å². The molecule has 100 valence electrons. The number of rotatable bonds is 3. The number of nitrogens with zero attached hydrogens (tertiary/aromatic N) is 1. The van der Waals surface area contributed by atoms with Gasteiger partial charge < -0.3 is 0 Å². The van der Waals surface area contributed by atoms with Crippen LogP contribution in [0.2, 0.25) is 0 Å². The maximum atomic E-state index is 11.7. The fourth-order valence-corrected chi connectivity index (χ4v) is 3.57. The van der Waals surface area contributed by atoms with E-state index in [1.165, 1.54) is 17.4 Å². The van der Waals surface area contributed by atoms with Crippen LogP contribution in [-0.2, 0) is 10.0 Å². The van der Waals surface area contributed by atoms with E-state index >= 15 is 0 Å². The minimum Gasteiger partial charge on any atom is -0.213 e. The van der Waals surface area contributed by atoms with Gasteiger partial charge >= 0.3 is 0 Å². The second-order valence-corrected chi connectivity index (χ2v) is 7.34. The lowest BCUT2D eigenvalue weighted by molar-refractivity contribution is 0.349. The third-order valence-corrected chi connectivity index (χ3v) is 5.29. The smallest absolute Gasteiger partial charge is 0.211 e. The van der Waals surface area contributed by atoms with Crippen LogP contribution in [0.3, 0.4) is 0 Å². The molecule has 0 radical (unpaired) electrons. The van der Waals surface area contributed by atoms with E-state index in [0.29, 0.717) is 5.92 Å². The second-order valence-electron chi connectivity index (χ2n) is 5.29. The fraction of sp³-hybridized carbons (Fsp3) is 0.571.